The van der Waals surface area contributed by atoms with Gasteiger partial charge in [0.1, 0.15) is 5.75 Å². The van der Waals surface area contributed by atoms with Crippen LogP contribution >= 0.6 is 0 Å². The van der Waals surface area contributed by atoms with Crippen molar-refractivity contribution in [2.24, 2.45) is 0 Å². The molecule has 1 fully saturated rings. The molecule has 0 atom stereocenters. The molecule has 0 unspecified atom stereocenters. The van der Waals surface area contributed by atoms with Crippen molar-refractivity contribution in [3.63, 3.8) is 0 Å². The molecule has 1 saturated heterocycles. The summed E-state index contributed by atoms with van der Waals surface area (Å²) < 4.78 is 35.5. The zero-order valence-electron chi connectivity index (χ0n) is 23.9. The second-order valence-corrected chi connectivity index (χ2v) is 12.8. The fraction of sp³-hybridized carbons (Fsp3) is 0.600. The van der Waals surface area contributed by atoms with Crippen LogP contribution in [-0.4, -0.2) is 59.7 Å². The van der Waals surface area contributed by atoms with Crippen molar-refractivity contribution in [1.29, 1.82) is 0 Å². The predicted octanol–water partition coefficient (Wildman–Crippen LogP) is 5.95. The highest BCUT2D eigenvalue weighted by molar-refractivity contribution is 7.89. The Hall–Kier alpha value is -2.09. The van der Waals surface area contributed by atoms with E-state index >= 15 is 0 Å². The molecule has 0 bridgehead atoms. The number of anilines is 1. The SMILES string of the molecule is COc1ccccc1N1CCN(CCCCNS(=O)(=O)c2c(C(C)C)cc(C(C)C)cc2C(C)C)CC1. The number of nitrogens with one attached hydrogen (secondary N) is 1. The largest absolute Gasteiger partial charge is 0.495 e. The van der Waals surface area contributed by atoms with E-state index < -0.39 is 10.0 Å². The van der Waals surface area contributed by atoms with Crippen molar-refractivity contribution in [3.8, 4) is 5.75 Å². The van der Waals surface area contributed by atoms with Crippen LogP contribution in [0.25, 0.3) is 0 Å². The number of sulfonamides is 1. The van der Waals surface area contributed by atoms with Crippen molar-refractivity contribution < 1.29 is 13.2 Å². The molecule has 0 aromatic heterocycles. The summed E-state index contributed by atoms with van der Waals surface area (Å²) >= 11 is 0. The van der Waals surface area contributed by atoms with Gasteiger partial charge in [-0.15, -0.1) is 0 Å². The second kappa shape index (κ2) is 13.1. The van der Waals surface area contributed by atoms with Crippen LogP contribution in [0.2, 0.25) is 0 Å². The minimum Gasteiger partial charge on any atom is -0.495 e. The first-order valence-corrected chi connectivity index (χ1v) is 15.3. The Morgan fingerprint density at radius 3 is 2.00 bits per heavy atom. The molecule has 1 aliphatic rings. The first-order chi connectivity index (χ1) is 17.5. The summed E-state index contributed by atoms with van der Waals surface area (Å²) in [5.41, 5.74) is 4.21. The van der Waals surface area contributed by atoms with Gasteiger partial charge in [0.15, 0.2) is 0 Å². The standard InChI is InChI=1S/C30H47N3O3S/c1-22(2)25-20-26(23(3)4)30(27(21-25)24(5)6)37(34,35)31-14-10-11-15-32-16-18-33(19-17-32)28-12-8-9-13-29(28)36-7/h8-9,12-13,20-24,31H,10-11,14-19H2,1-7H3. The molecule has 0 spiro atoms. The van der Waals surface area contributed by atoms with E-state index in [0.717, 1.165) is 68.1 Å². The average molecular weight is 530 g/mol. The Balaban J connectivity index is 1.55. The van der Waals surface area contributed by atoms with Crippen LogP contribution in [0.3, 0.4) is 0 Å². The van der Waals surface area contributed by atoms with E-state index in [-0.39, 0.29) is 11.8 Å². The molecule has 2 aromatic carbocycles. The Kier molecular flexibility index (Phi) is 10.4. The first-order valence-electron chi connectivity index (χ1n) is 13.8. The normalized spacial score (nSPS) is 15.2. The number of methoxy groups -OCH3 is 1. The molecule has 1 N–H and O–H groups in total. The van der Waals surface area contributed by atoms with E-state index in [1.165, 1.54) is 5.56 Å². The zero-order chi connectivity index (χ0) is 27.2. The van der Waals surface area contributed by atoms with E-state index in [1.807, 2.05) is 12.1 Å². The molecule has 0 saturated carbocycles. The van der Waals surface area contributed by atoms with E-state index in [2.05, 4.69) is 80.3 Å². The van der Waals surface area contributed by atoms with Crippen molar-refractivity contribution in [2.75, 3.05) is 51.3 Å². The van der Waals surface area contributed by atoms with Gasteiger partial charge in [-0.25, -0.2) is 13.1 Å². The smallest absolute Gasteiger partial charge is 0.241 e. The number of hydrogen-bond acceptors (Lipinski definition) is 5. The lowest BCUT2D eigenvalue weighted by molar-refractivity contribution is 0.252. The topological polar surface area (TPSA) is 61.9 Å². The number of unbranched alkanes of at least 4 members (excludes halogenated alkanes) is 1. The molecular weight excluding hydrogens is 482 g/mol. The van der Waals surface area contributed by atoms with Crippen LogP contribution in [0.4, 0.5) is 5.69 Å². The summed E-state index contributed by atoms with van der Waals surface area (Å²) in [6.07, 6.45) is 1.79. The Morgan fingerprint density at radius 1 is 0.865 bits per heavy atom. The molecule has 0 amide bonds. The summed E-state index contributed by atoms with van der Waals surface area (Å²) in [4.78, 5) is 5.35. The van der Waals surface area contributed by atoms with Crippen molar-refractivity contribution >= 4 is 15.7 Å². The number of piperazine rings is 1. The third-order valence-corrected chi connectivity index (χ3v) is 8.93. The highest BCUT2D eigenvalue weighted by Gasteiger charge is 2.26. The van der Waals surface area contributed by atoms with Crippen LogP contribution in [0.5, 0.6) is 5.75 Å². The third-order valence-electron chi connectivity index (χ3n) is 7.34. The first kappa shape index (κ1) is 29.5. The van der Waals surface area contributed by atoms with Gasteiger partial charge >= 0.3 is 0 Å². The third kappa shape index (κ3) is 7.49. The number of ether oxygens (including phenoxy) is 1. The van der Waals surface area contributed by atoms with Crippen LogP contribution in [0, 0.1) is 0 Å². The van der Waals surface area contributed by atoms with Gasteiger partial charge in [-0.1, -0.05) is 65.8 Å². The van der Waals surface area contributed by atoms with Gasteiger partial charge in [0, 0.05) is 32.7 Å². The monoisotopic (exact) mass is 529 g/mol. The zero-order valence-corrected chi connectivity index (χ0v) is 24.7. The molecule has 0 radical (unpaired) electrons. The lowest BCUT2D eigenvalue weighted by Gasteiger charge is -2.36. The van der Waals surface area contributed by atoms with Gasteiger partial charge in [-0.3, -0.25) is 4.90 Å². The van der Waals surface area contributed by atoms with Gasteiger partial charge in [-0.05, 0) is 66.0 Å². The maximum absolute atomic E-state index is 13.5. The number of nitrogens with zero attached hydrogens (tertiary/aromatic N) is 2. The Bertz CT molecular complexity index is 1090. The Labute approximate surface area is 225 Å². The summed E-state index contributed by atoms with van der Waals surface area (Å²) in [6, 6.07) is 12.4. The van der Waals surface area contributed by atoms with Gasteiger partial charge in [-0.2, -0.15) is 0 Å². The lowest BCUT2D eigenvalue weighted by atomic mass is 9.89. The summed E-state index contributed by atoms with van der Waals surface area (Å²) in [7, 11) is -1.87. The minimum absolute atomic E-state index is 0.136. The van der Waals surface area contributed by atoms with Crippen LogP contribution in [-0.2, 0) is 10.0 Å². The number of para-hydroxylation sites is 2. The molecule has 6 nitrogen and oxygen atoms in total. The molecule has 206 valence electrons. The van der Waals surface area contributed by atoms with Crippen molar-refractivity contribution in [3.05, 3.63) is 53.1 Å². The van der Waals surface area contributed by atoms with Gasteiger partial charge in [0.05, 0.1) is 17.7 Å². The molecule has 1 aliphatic heterocycles. The van der Waals surface area contributed by atoms with Crippen LogP contribution in [0.15, 0.2) is 41.3 Å². The molecule has 0 aliphatic carbocycles. The summed E-state index contributed by atoms with van der Waals surface area (Å²) in [5.74, 6) is 1.55. The average Bonchev–Trinajstić information content (AvgIpc) is 2.87. The number of hydrogen-bond donors (Lipinski definition) is 1. The van der Waals surface area contributed by atoms with E-state index in [0.29, 0.717) is 17.4 Å². The minimum atomic E-state index is -3.59. The second-order valence-electron chi connectivity index (χ2n) is 11.1. The van der Waals surface area contributed by atoms with Crippen molar-refractivity contribution in [2.45, 2.75) is 77.0 Å². The van der Waals surface area contributed by atoms with Gasteiger partial charge in [0.2, 0.25) is 10.0 Å². The molecule has 37 heavy (non-hydrogen) atoms. The van der Waals surface area contributed by atoms with Gasteiger partial charge in [0.25, 0.3) is 0 Å². The predicted molar refractivity (Wildman–Crippen MR) is 155 cm³/mol. The maximum Gasteiger partial charge on any atom is 0.241 e. The molecule has 1 heterocycles. The highest BCUT2D eigenvalue weighted by Crippen LogP contribution is 2.35. The highest BCUT2D eigenvalue weighted by atomic mass is 32.2. The summed E-state index contributed by atoms with van der Waals surface area (Å²) in [6.45, 7) is 18.0. The fourth-order valence-electron chi connectivity index (χ4n) is 5.04. The van der Waals surface area contributed by atoms with Crippen LogP contribution in [0.1, 0.15) is 88.8 Å². The Morgan fingerprint density at radius 2 is 1.46 bits per heavy atom. The van der Waals surface area contributed by atoms with Crippen LogP contribution < -0.4 is 14.4 Å². The van der Waals surface area contributed by atoms with Crippen molar-refractivity contribution in [1.82, 2.24) is 9.62 Å². The van der Waals surface area contributed by atoms with Gasteiger partial charge < -0.3 is 9.64 Å². The van der Waals surface area contributed by atoms with E-state index in [1.54, 1.807) is 7.11 Å². The number of benzene rings is 2. The van der Waals surface area contributed by atoms with E-state index in [9.17, 15) is 8.42 Å². The quantitative estimate of drug-likeness (QED) is 0.345. The molecular formula is C30H47N3O3S. The number of rotatable bonds is 12. The molecule has 2 aromatic rings. The summed E-state index contributed by atoms with van der Waals surface area (Å²) in [5, 5.41) is 0. The maximum atomic E-state index is 13.5. The van der Waals surface area contributed by atoms with E-state index in [4.69, 9.17) is 4.74 Å². The molecule has 3 rings (SSSR count). The lowest BCUT2D eigenvalue weighted by Crippen LogP contribution is -2.46. The molecule has 7 heteroatoms. The fourth-order valence-corrected chi connectivity index (χ4v) is 6.81.